The molecule has 11 nitrogen and oxygen atoms in total. The Labute approximate surface area is 264 Å². The first-order chi connectivity index (χ1) is 21.4. The average molecular weight is 582 g/mol. The Kier molecular flexibility index (Phi) is 8.55. The average Bonchev–Trinajstić information content (AvgIpc) is 3.59. The molecule has 0 spiro atoms. The van der Waals surface area contributed by atoms with Gasteiger partial charge in [-0.3, -0.25) is 0 Å². The molecule has 5 aromatic rings. The zero-order valence-electron chi connectivity index (χ0n) is 24.6. The first kappa shape index (κ1) is 31.1. The summed E-state index contributed by atoms with van der Waals surface area (Å²) in [6, 6.07) is 5.73. The second kappa shape index (κ2) is 12.4. The molecule has 0 saturated heterocycles. The minimum absolute atomic E-state index is 0.0146. The van der Waals surface area contributed by atoms with Crippen molar-refractivity contribution in [2.75, 3.05) is 5.73 Å². The third-order valence-corrected chi connectivity index (χ3v) is 6.88. The minimum atomic E-state index is -0.936. The summed E-state index contributed by atoms with van der Waals surface area (Å²) in [6.07, 6.45) is 6.45. The fourth-order valence-electron chi connectivity index (χ4n) is 4.57. The molecule has 3 N–H and O–H groups in total. The number of benzene rings is 1. The van der Waals surface area contributed by atoms with Gasteiger partial charge in [0.05, 0.1) is 0 Å². The molecular formula is C29H21B5N9O2. The molecule has 0 bridgehead atoms. The zero-order chi connectivity index (χ0) is 32.6. The molecule has 0 saturated carbocycles. The van der Waals surface area contributed by atoms with Gasteiger partial charge in [0.15, 0.2) is 0 Å². The maximum atomic E-state index is 14.3. The van der Waals surface area contributed by atoms with Crippen molar-refractivity contribution < 1.29 is 4.79 Å². The van der Waals surface area contributed by atoms with E-state index in [2.05, 4.69) is 32.3 Å². The number of hydrogen-bond donors (Lipinski definition) is 2. The standard InChI is InChI=1S/C29H21B5N9O2/c1-14(30)21(31)22(32)23(33)24(34)43-26(15(2)38-28(44)20-25(35)40-42-11-5-10-36-27(20)42)39-18-7-4-6-17(19(18)29(43)45)9-8-16-12-37-41(3)13-16/h4-7,10-13,15H,1-3H3,(H2,35,40)(H,38,44)/b21-14-,23-22-. The van der Waals surface area contributed by atoms with Gasteiger partial charge in [0.1, 0.15) is 0 Å². The van der Waals surface area contributed by atoms with E-state index >= 15 is 0 Å². The van der Waals surface area contributed by atoms with E-state index in [1.54, 1.807) is 61.5 Å². The number of hydrogen-bond acceptors (Lipinski definition) is 7. The summed E-state index contributed by atoms with van der Waals surface area (Å²) < 4.78 is 4.05. The van der Waals surface area contributed by atoms with E-state index in [1.807, 2.05) is 0 Å². The van der Waals surface area contributed by atoms with E-state index < -0.39 is 17.5 Å². The second-order valence-electron chi connectivity index (χ2n) is 10.1. The van der Waals surface area contributed by atoms with Crippen LogP contribution in [-0.2, 0) is 7.05 Å². The summed E-state index contributed by atoms with van der Waals surface area (Å²) in [6.45, 7) is 3.14. The molecule has 16 heteroatoms. The van der Waals surface area contributed by atoms with E-state index in [4.69, 9.17) is 49.6 Å². The van der Waals surface area contributed by atoms with Crippen LogP contribution in [0.5, 0.6) is 0 Å². The number of rotatable bonds is 6. The number of nitrogens with zero attached hydrogens (tertiary/aromatic N) is 7. The monoisotopic (exact) mass is 582 g/mol. The predicted molar refractivity (Wildman–Crippen MR) is 177 cm³/mol. The fourth-order valence-corrected chi connectivity index (χ4v) is 4.57. The van der Waals surface area contributed by atoms with Crippen molar-refractivity contribution in [3.63, 3.8) is 0 Å². The van der Waals surface area contributed by atoms with E-state index in [-0.39, 0.29) is 55.7 Å². The van der Waals surface area contributed by atoms with Crippen molar-refractivity contribution in [1.29, 1.82) is 0 Å². The summed E-state index contributed by atoms with van der Waals surface area (Å²) in [5.74, 6) is 5.39. The molecule has 45 heavy (non-hydrogen) atoms. The quantitative estimate of drug-likeness (QED) is 0.162. The first-order valence-corrected chi connectivity index (χ1v) is 13.5. The van der Waals surface area contributed by atoms with Crippen LogP contribution in [0.2, 0.25) is 0 Å². The molecule has 1 aromatic carbocycles. The summed E-state index contributed by atoms with van der Waals surface area (Å²) in [5, 5.41) is 11.2. The number of anilines is 1. The van der Waals surface area contributed by atoms with Crippen molar-refractivity contribution in [1.82, 2.24) is 39.2 Å². The van der Waals surface area contributed by atoms with Gasteiger partial charge in [-0.25, -0.2) is 0 Å². The van der Waals surface area contributed by atoms with Crippen LogP contribution in [0.25, 0.3) is 16.6 Å². The van der Waals surface area contributed by atoms with Crippen LogP contribution in [0, 0.1) is 11.8 Å². The van der Waals surface area contributed by atoms with Crippen molar-refractivity contribution in [3.8, 4) is 11.8 Å². The summed E-state index contributed by atoms with van der Waals surface area (Å²) in [5.41, 5.74) is 6.54. The van der Waals surface area contributed by atoms with E-state index in [9.17, 15) is 9.59 Å². The molecule has 0 fully saturated rings. The van der Waals surface area contributed by atoms with Gasteiger partial charge in [0, 0.05) is 0 Å². The van der Waals surface area contributed by atoms with E-state index in [0.717, 1.165) is 4.57 Å². The summed E-state index contributed by atoms with van der Waals surface area (Å²) in [4.78, 5) is 36.7. The second-order valence-corrected chi connectivity index (χ2v) is 10.1. The number of nitrogen functional groups attached to an aromatic ring is 1. The van der Waals surface area contributed by atoms with Crippen LogP contribution in [0.3, 0.4) is 0 Å². The molecule has 0 aliphatic carbocycles. The van der Waals surface area contributed by atoms with Gasteiger partial charge in [0.25, 0.3) is 0 Å². The van der Waals surface area contributed by atoms with Crippen LogP contribution in [0.15, 0.2) is 75.7 Å². The molecule has 1 unspecified atom stereocenters. The van der Waals surface area contributed by atoms with E-state index in [1.165, 1.54) is 17.6 Å². The predicted octanol–water partition coefficient (Wildman–Crippen LogP) is -0.0907. The molecular weight excluding hydrogens is 560 g/mol. The zero-order valence-corrected chi connectivity index (χ0v) is 24.6. The van der Waals surface area contributed by atoms with Crippen molar-refractivity contribution in [2.24, 2.45) is 7.05 Å². The third-order valence-electron chi connectivity index (χ3n) is 6.88. The van der Waals surface area contributed by atoms with Crippen LogP contribution in [0.4, 0.5) is 5.82 Å². The van der Waals surface area contributed by atoms with Crippen LogP contribution >= 0.6 is 0 Å². The van der Waals surface area contributed by atoms with Crippen LogP contribution < -0.4 is 16.6 Å². The fraction of sp³-hybridized carbons (Fsp3) is 0.138. The molecule has 0 aliphatic rings. The maximum absolute atomic E-state index is 14.3. The van der Waals surface area contributed by atoms with Gasteiger partial charge >= 0.3 is 265 Å². The molecule has 1 amide bonds. The Bertz CT molecular complexity index is 2220. The van der Waals surface area contributed by atoms with Gasteiger partial charge in [0.2, 0.25) is 0 Å². The number of fused-ring (bicyclic) bond motifs is 2. The SMILES string of the molecule is [B]/C(C)=C([B])/C([B])=C(/[B])C(=[B])n1c(C(C)NC(=O)c2c(N)nn3cccnc23)nc2cccc(C#Cc3cnn(C)c3)c2c1=O. The van der Waals surface area contributed by atoms with Crippen molar-refractivity contribution in [3.05, 3.63) is 104 Å². The van der Waals surface area contributed by atoms with Gasteiger partial charge in [-0.2, -0.15) is 0 Å². The Morgan fingerprint density at radius 2 is 1.84 bits per heavy atom. The van der Waals surface area contributed by atoms with Gasteiger partial charge in [-0.15, -0.1) is 0 Å². The van der Waals surface area contributed by atoms with E-state index in [0.29, 0.717) is 16.6 Å². The van der Waals surface area contributed by atoms with Gasteiger partial charge in [-0.1, -0.05) is 0 Å². The number of amides is 1. The number of allylic oxidation sites excluding steroid dienone is 4. The molecule has 4 heterocycles. The molecule has 1 atom stereocenters. The number of carbonyl (C=O) groups excluding carboxylic acids is 1. The number of aryl methyl sites for hydroxylation is 1. The summed E-state index contributed by atoms with van der Waals surface area (Å²) >= 11 is 0. The van der Waals surface area contributed by atoms with Crippen LogP contribution in [0.1, 0.15) is 47.2 Å². The number of nitrogens with two attached hydrogens (primary N) is 1. The molecule has 0 aliphatic heterocycles. The number of carbonyl (C=O) groups is 1. The number of nitrogens with one attached hydrogen (secondary N) is 1. The Hall–Kier alpha value is -5.31. The molecule has 4 aromatic heterocycles. The van der Waals surface area contributed by atoms with Crippen molar-refractivity contribution >= 4 is 72.7 Å². The van der Waals surface area contributed by atoms with Gasteiger partial charge < -0.3 is 0 Å². The Morgan fingerprint density at radius 1 is 1.09 bits per heavy atom. The summed E-state index contributed by atoms with van der Waals surface area (Å²) in [7, 11) is 32.6. The molecule has 209 valence electrons. The van der Waals surface area contributed by atoms with Crippen LogP contribution in [-0.4, -0.2) is 84.3 Å². The van der Waals surface area contributed by atoms with Gasteiger partial charge in [-0.05, 0) is 0 Å². The van der Waals surface area contributed by atoms with Crippen molar-refractivity contribution in [2.45, 2.75) is 19.9 Å². The molecule has 9 radical (unpaired) electrons. The Morgan fingerprint density at radius 3 is 2.53 bits per heavy atom. The third kappa shape index (κ3) is 5.94. The normalized spacial score (nSPS) is 13.0. The topological polar surface area (TPSA) is 138 Å². The Balaban J connectivity index is 1.69. The molecule has 5 rings (SSSR count). The first-order valence-electron chi connectivity index (χ1n) is 13.5. The number of aromatic nitrogens is 7.